The highest BCUT2D eigenvalue weighted by Crippen LogP contribution is 2.28. The van der Waals surface area contributed by atoms with Crippen LogP contribution in [0.3, 0.4) is 0 Å². The van der Waals surface area contributed by atoms with E-state index >= 15 is 0 Å². The molecule has 0 aliphatic carbocycles. The minimum absolute atomic E-state index is 1.02. The van der Waals surface area contributed by atoms with Gasteiger partial charge in [-0.2, -0.15) is 23.5 Å². The topological polar surface area (TPSA) is 35.7 Å². The summed E-state index contributed by atoms with van der Waals surface area (Å²) >= 11 is 4.07. The van der Waals surface area contributed by atoms with E-state index < -0.39 is 0 Å². The van der Waals surface area contributed by atoms with E-state index in [4.69, 9.17) is 5.84 Å². The molecule has 138 valence electrons. The van der Waals surface area contributed by atoms with E-state index in [1.165, 1.54) is 34.4 Å². The molecule has 0 saturated carbocycles. The van der Waals surface area contributed by atoms with Gasteiger partial charge in [0.1, 0.15) is 0 Å². The number of nitrogens with two attached hydrogens (primary N) is 1. The monoisotopic (exact) mass is 386 g/mol. The van der Waals surface area contributed by atoms with Crippen molar-refractivity contribution in [2.45, 2.75) is 0 Å². The summed E-state index contributed by atoms with van der Waals surface area (Å²) in [6.07, 6.45) is 0. The van der Waals surface area contributed by atoms with Crippen LogP contribution in [0, 0.1) is 0 Å². The van der Waals surface area contributed by atoms with Gasteiger partial charge in [-0.05, 0) is 48.5 Å². The van der Waals surface area contributed by atoms with Gasteiger partial charge in [0.15, 0.2) is 0 Å². The lowest BCUT2D eigenvalue weighted by atomic mass is 10.2. The highest BCUT2D eigenvalue weighted by molar-refractivity contribution is 7.99. The molecule has 2 aliphatic heterocycles. The SMILES string of the molecule is NN(c1ccc(N2CCSCC2)cc1)c1ccc(N2CCSCC2)cc1. The Hall–Kier alpha value is -1.50. The van der Waals surface area contributed by atoms with Gasteiger partial charge < -0.3 is 9.80 Å². The van der Waals surface area contributed by atoms with Crippen LogP contribution in [0.5, 0.6) is 0 Å². The number of hydrogen-bond donors (Lipinski definition) is 1. The Kier molecular flexibility index (Phi) is 5.82. The van der Waals surface area contributed by atoms with E-state index in [9.17, 15) is 0 Å². The molecule has 2 N–H and O–H groups in total. The van der Waals surface area contributed by atoms with Crippen LogP contribution < -0.4 is 20.7 Å². The zero-order valence-corrected chi connectivity index (χ0v) is 16.6. The summed E-state index contributed by atoms with van der Waals surface area (Å²) in [4.78, 5) is 4.90. The van der Waals surface area contributed by atoms with Crippen molar-refractivity contribution in [3.8, 4) is 0 Å². The number of hydrogen-bond acceptors (Lipinski definition) is 6. The van der Waals surface area contributed by atoms with Crippen molar-refractivity contribution in [2.24, 2.45) is 5.84 Å². The molecule has 2 heterocycles. The van der Waals surface area contributed by atoms with Crippen molar-refractivity contribution in [3.63, 3.8) is 0 Å². The molecule has 2 aromatic carbocycles. The average molecular weight is 387 g/mol. The molecule has 6 heteroatoms. The molecule has 0 amide bonds. The Bertz CT molecular complexity index is 631. The third-order valence-electron chi connectivity index (χ3n) is 5.01. The van der Waals surface area contributed by atoms with Gasteiger partial charge in [-0.25, -0.2) is 5.84 Å². The highest BCUT2D eigenvalue weighted by atomic mass is 32.2. The maximum Gasteiger partial charge on any atom is 0.0576 e. The molecule has 0 unspecified atom stereocenters. The van der Waals surface area contributed by atoms with Gasteiger partial charge >= 0.3 is 0 Å². The smallest absolute Gasteiger partial charge is 0.0576 e. The Labute approximate surface area is 164 Å². The zero-order chi connectivity index (χ0) is 17.8. The third-order valence-corrected chi connectivity index (χ3v) is 6.89. The van der Waals surface area contributed by atoms with Crippen molar-refractivity contribution in [2.75, 3.05) is 64.0 Å². The van der Waals surface area contributed by atoms with Crippen LogP contribution in [0.25, 0.3) is 0 Å². The normalized spacial score (nSPS) is 18.0. The minimum atomic E-state index is 1.02. The van der Waals surface area contributed by atoms with Crippen molar-refractivity contribution < 1.29 is 0 Å². The molecule has 2 aromatic rings. The van der Waals surface area contributed by atoms with Gasteiger partial charge in [0.25, 0.3) is 0 Å². The first-order chi connectivity index (χ1) is 12.8. The summed E-state index contributed by atoms with van der Waals surface area (Å²) in [6.45, 7) is 4.53. The molecule has 2 saturated heterocycles. The summed E-state index contributed by atoms with van der Waals surface area (Å²) < 4.78 is 0. The fourth-order valence-corrected chi connectivity index (χ4v) is 5.25. The predicted octanol–water partition coefficient (Wildman–Crippen LogP) is 3.80. The fraction of sp³-hybridized carbons (Fsp3) is 0.400. The molecule has 0 spiro atoms. The lowest BCUT2D eigenvalue weighted by Gasteiger charge is -2.29. The van der Waals surface area contributed by atoms with Gasteiger partial charge in [-0.1, -0.05) is 0 Å². The van der Waals surface area contributed by atoms with Crippen LogP contribution in [0.2, 0.25) is 0 Å². The van der Waals surface area contributed by atoms with Crippen molar-refractivity contribution >= 4 is 46.3 Å². The lowest BCUT2D eigenvalue weighted by Crippen LogP contribution is -2.32. The second-order valence-electron chi connectivity index (χ2n) is 6.60. The van der Waals surface area contributed by atoms with Crippen molar-refractivity contribution in [3.05, 3.63) is 48.5 Å². The molecule has 4 nitrogen and oxygen atoms in total. The molecule has 0 radical (unpaired) electrons. The lowest BCUT2D eigenvalue weighted by molar-refractivity contribution is 0.858. The van der Waals surface area contributed by atoms with E-state index in [-0.39, 0.29) is 0 Å². The van der Waals surface area contributed by atoms with E-state index in [0.717, 1.165) is 37.6 Å². The van der Waals surface area contributed by atoms with E-state index in [0.29, 0.717) is 0 Å². The minimum Gasteiger partial charge on any atom is -0.370 e. The fourth-order valence-electron chi connectivity index (χ4n) is 3.44. The first-order valence-electron chi connectivity index (χ1n) is 9.21. The Morgan fingerprint density at radius 1 is 0.615 bits per heavy atom. The summed E-state index contributed by atoms with van der Waals surface area (Å²) in [5.41, 5.74) is 4.62. The van der Waals surface area contributed by atoms with Crippen LogP contribution in [0.15, 0.2) is 48.5 Å². The first kappa shape index (κ1) is 17.9. The Morgan fingerprint density at radius 2 is 0.962 bits per heavy atom. The maximum atomic E-state index is 6.37. The Balaban J connectivity index is 1.43. The van der Waals surface area contributed by atoms with E-state index in [2.05, 4.69) is 58.3 Å². The van der Waals surface area contributed by atoms with E-state index in [1.807, 2.05) is 23.5 Å². The van der Waals surface area contributed by atoms with Gasteiger partial charge in [-0.15, -0.1) is 0 Å². The van der Waals surface area contributed by atoms with Gasteiger partial charge in [0.2, 0.25) is 0 Å². The molecule has 2 fully saturated rings. The van der Waals surface area contributed by atoms with Crippen LogP contribution in [-0.4, -0.2) is 49.2 Å². The van der Waals surface area contributed by atoms with Crippen LogP contribution in [-0.2, 0) is 0 Å². The highest BCUT2D eigenvalue weighted by Gasteiger charge is 2.13. The number of hydrazine groups is 1. The number of rotatable bonds is 4. The number of nitrogens with zero attached hydrogens (tertiary/aromatic N) is 3. The Morgan fingerprint density at radius 3 is 1.31 bits per heavy atom. The molecule has 26 heavy (non-hydrogen) atoms. The number of thioether (sulfide) groups is 2. The van der Waals surface area contributed by atoms with Crippen molar-refractivity contribution in [1.82, 2.24) is 0 Å². The second-order valence-corrected chi connectivity index (χ2v) is 9.05. The van der Waals surface area contributed by atoms with E-state index in [1.54, 1.807) is 5.01 Å². The van der Waals surface area contributed by atoms with Gasteiger partial charge in [-0.3, -0.25) is 5.01 Å². The average Bonchev–Trinajstić information content (AvgIpc) is 2.75. The second kappa shape index (κ2) is 8.46. The maximum absolute atomic E-state index is 6.37. The van der Waals surface area contributed by atoms with Gasteiger partial charge in [0, 0.05) is 60.6 Å². The van der Waals surface area contributed by atoms with Gasteiger partial charge in [0.05, 0.1) is 11.4 Å². The molecule has 2 aliphatic rings. The first-order valence-corrected chi connectivity index (χ1v) is 11.5. The molecule has 0 aromatic heterocycles. The number of anilines is 4. The molecule has 0 bridgehead atoms. The summed E-state index contributed by atoms with van der Waals surface area (Å²) in [5, 5.41) is 1.77. The summed E-state index contributed by atoms with van der Waals surface area (Å²) in [5.74, 6) is 11.2. The summed E-state index contributed by atoms with van der Waals surface area (Å²) in [7, 11) is 0. The van der Waals surface area contributed by atoms with Crippen LogP contribution in [0.1, 0.15) is 0 Å². The predicted molar refractivity (Wildman–Crippen MR) is 118 cm³/mol. The third kappa shape index (κ3) is 4.08. The quantitative estimate of drug-likeness (QED) is 0.636. The summed E-state index contributed by atoms with van der Waals surface area (Å²) in [6, 6.07) is 17.2. The zero-order valence-electron chi connectivity index (χ0n) is 15.0. The standard InChI is InChI=1S/C20H26N4S2/c21-24(19-5-1-17(2-6-19)22-9-13-25-14-10-22)20-7-3-18(4-8-20)23-11-15-26-16-12-23/h1-8H,9-16,21H2. The molecular formula is C20H26N4S2. The van der Waals surface area contributed by atoms with Crippen LogP contribution in [0.4, 0.5) is 22.7 Å². The molecule has 4 rings (SSSR count). The number of benzene rings is 2. The molecular weight excluding hydrogens is 360 g/mol. The van der Waals surface area contributed by atoms with Crippen molar-refractivity contribution in [1.29, 1.82) is 0 Å². The molecule has 0 atom stereocenters. The van der Waals surface area contributed by atoms with Crippen LogP contribution >= 0.6 is 23.5 Å². The largest absolute Gasteiger partial charge is 0.370 e.